The van der Waals surface area contributed by atoms with Crippen LogP contribution in [0.5, 0.6) is 0 Å². The second-order valence-electron chi connectivity index (χ2n) is 2.20. The first-order chi connectivity index (χ1) is 4.64. The van der Waals surface area contributed by atoms with E-state index in [9.17, 15) is 0 Å². The Labute approximate surface area is 75.4 Å². The summed E-state index contributed by atoms with van der Waals surface area (Å²) in [5, 5.41) is 0. The van der Waals surface area contributed by atoms with Crippen molar-refractivity contribution in [3.63, 3.8) is 0 Å². The van der Waals surface area contributed by atoms with Crippen molar-refractivity contribution in [2.45, 2.75) is 6.42 Å². The van der Waals surface area contributed by atoms with Gasteiger partial charge in [0.15, 0.2) is 0 Å². The number of hydrogen-bond donors (Lipinski definition) is 0. The van der Waals surface area contributed by atoms with Crippen LogP contribution in [-0.2, 0) is 28.6 Å². The molecule has 1 saturated heterocycles. The molecule has 0 N–H and O–H groups in total. The van der Waals surface area contributed by atoms with Crippen molar-refractivity contribution in [1.29, 1.82) is 0 Å². The van der Waals surface area contributed by atoms with Gasteiger partial charge < -0.3 is 0 Å². The van der Waals surface area contributed by atoms with Gasteiger partial charge in [0.2, 0.25) is 0 Å². The normalized spacial score (nSPS) is 30.9. The SMILES string of the molecule is C#CC1CCSS(=S)(=S)C1. The van der Waals surface area contributed by atoms with E-state index in [1.807, 2.05) is 0 Å². The maximum atomic E-state index is 5.29. The summed E-state index contributed by atoms with van der Waals surface area (Å²) in [4.78, 5) is 0. The zero-order chi connectivity index (χ0) is 7.61. The molecule has 1 heterocycles. The Hall–Kier alpha value is 0.700. The first-order valence-electron chi connectivity index (χ1n) is 2.97. The van der Waals surface area contributed by atoms with E-state index < -0.39 is 6.18 Å². The van der Waals surface area contributed by atoms with Crippen LogP contribution >= 0.6 is 10.8 Å². The predicted molar refractivity (Wildman–Crippen MR) is 56.4 cm³/mol. The number of rotatable bonds is 0. The van der Waals surface area contributed by atoms with Gasteiger partial charge in [-0.05, 0) is 35.0 Å². The quantitative estimate of drug-likeness (QED) is 0.436. The molecule has 1 rings (SSSR count). The van der Waals surface area contributed by atoms with Crippen LogP contribution in [0.15, 0.2) is 0 Å². The van der Waals surface area contributed by atoms with Gasteiger partial charge >= 0.3 is 0 Å². The molecule has 0 aromatic carbocycles. The minimum absolute atomic E-state index is 0.367. The molecule has 1 aliphatic heterocycles. The molecular formula is C6H8S4. The fourth-order valence-electron chi connectivity index (χ4n) is 0.827. The third kappa shape index (κ3) is 2.39. The largest absolute Gasteiger partial charge is 0.120 e. The number of terminal acetylenes is 1. The van der Waals surface area contributed by atoms with Gasteiger partial charge in [0.1, 0.15) is 0 Å². The maximum absolute atomic E-state index is 5.29. The monoisotopic (exact) mass is 208 g/mol. The fourth-order valence-corrected chi connectivity index (χ4v) is 6.36. The van der Waals surface area contributed by atoms with Gasteiger partial charge in [0, 0.05) is 17.4 Å². The van der Waals surface area contributed by atoms with Crippen molar-refractivity contribution in [1.82, 2.24) is 0 Å². The molecule has 0 amide bonds. The van der Waals surface area contributed by atoms with E-state index in [-0.39, 0.29) is 0 Å². The lowest BCUT2D eigenvalue weighted by atomic mass is 10.1. The summed E-state index contributed by atoms with van der Waals surface area (Å²) in [6.07, 6.45) is 5.18. The number of hydrogen-bond acceptors (Lipinski definition) is 3. The van der Waals surface area contributed by atoms with Crippen molar-refractivity contribution in [3.8, 4) is 12.3 Å². The van der Waals surface area contributed by atoms with E-state index in [0.29, 0.717) is 5.92 Å². The van der Waals surface area contributed by atoms with Crippen molar-refractivity contribution in [3.05, 3.63) is 0 Å². The van der Waals surface area contributed by atoms with Gasteiger partial charge in [0.25, 0.3) is 0 Å². The summed E-state index contributed by atoms with van der Waals surface area (Å²) in [6, 6.07) is 0. The summed E-state index contributed by atoms with van der Waals surface area (Å²) in [5.41, 5.74) is 0. The summed E-state index contributed by atoms with van der Waals surface area (Å²) < 4.78 is 0. The lowest BCUT2D eigenvalue weighted by Gasteiger charge is -2.20. The molecule has 10 heavy (non-hydrogen) atoms. The highest BCUT2D eigenvalue weighted by Crippen LogP contribution is 2.27. The van der Waals surface area contributed by atoms with Gasteiger partial charge in [-0.2, -0.15) is 0 Å². The van der Waals surface area contributed by atoms with E-state index >= 15 is 0 Å². The molecule has 1 aliphatic rings. The van der Waals surface area contributed by atoms with Crippen LogP contribution in [0, 0.1) is 18.3 Å². The Kier molecular flexibility index (Phi) is 2.99. The molecule has 1 atom stereocenters. The molecular weight excluding hydrogens is 200 g/mol. The minimum atomic E-state index is -1.20. The van der Waals surface area contributed by atoms with Crippen LogP contribution in [0.4, 0.5) is 0 Å². The summed E-state index contributed by atoms with van der Waals surface area (Å²) in [6.45, 7) is 0. The summed E-state index contributed by atoms with van der Waals surface area (Å²) >= 11 is 10.4. The Bertz CT molecular complexity index is 243. The van der Waals surface area contributed by atoms with Gasteiger partial charge in [-0.1, -0.05) is 10.8 Å². The van der Waals surface area contributed by atoms with Crippen LogP contribution in [0.25, 0.3) is 0 Å². The van der Waals surface area contributed by atoms with Crippen LogP contribution in [0.2, 0.25) is 0 Å². The molecule has 0 aliphatic carbocycles. The Balaban J connectivity index is 2.67. The van der Waals surface area contributed by atoms with Crippen molar-refractivity contribution in [2.24, 2.45) is 5.92 Å². The molecule has 4 heteroatoms. The lowest BCUT2D eigenvalue weighted by Crippen LogP contribution is -2.16. The molecule has 0 aromatic heterocycles. The molecule has 1 fully saturated rings. The van der Waals surface area contributed by atoms with E-state index in [4.69, 9.17) is 28.8 Å². The van der Waals surface area contributed by atoms with Crippen LogP contribution < -0.4 is 0 Å². The highest BCUT2D eigenvalue weighted by Gasteiger charge is 2.17. The highest BCUT2D eigenvalue weighted by atomic mass is 33.5. The van der Waals surface area contributed by atoms with Crippen LogP contribution in [0.1, 0.15) is 6.42 Å². The van der Waals surface area contributed by atoms with Gasteiger partial charge in [-0.15, -0.1) is 12.3 Å². The Morgan fingerprint density at radius 3 is 2.70 bits per heavy atom. The predicted octanol–water partition coefficient (Wildman–Crippen LogP) is 1.37. The molecule has 1 unspecified atom stereocenters. The fraction of sp³-hybridized carbons (Fsp3) is 0.667. The van der Waals surface area contributed by atoms with Crippen molar-refractivity contribution in [2.75, 3.05) is 11.5 Å². The zero-order valence-electron chi connectivity index (χ0n) is 5.41. The van der Waals surface area contributed by atoms with E-state index in [0.717, 1.165) is 17.9 Å². The van der Waals surface area contributed by atoms with Gasteiger partial charge in [-0.25, -0.2) is 0 Å². The second-order valence-corrected chi connectivity index (χ2v) is 12.0. The molecule has 0 spiro atoms. The Morgan fingerprint density at radius 1 is 1.60 bits per heavy atom. The minimum Gasteiger partial charge on any atom is -0.120 e. The zero-order valence-corrected chi connectivity index (χ0v) is 8.68. The molecule has 0 radical (unpaired) electrons. The Morgan fingerprint density at radius 2 is 2.30 bits per heavy atom. The molecule has 56 valence electrons. The molecule has 0 nitrogen and oxygen atoms in total. The van der Waals surface area contributed by atoms with E-state index in [1.165, 1.54) is 0 Å². The van der Waals surface area contributed by atoms with E-state index in [1.54, 1.807) is 10.8 Å². The molecule has 0 bridgehead atoms. The lowest BCUT2D eigenvalue weighted by molar-refractivity contribution is 0.740. The van der Waals surface area contributed by atoms with Gasteiger partial charge in [-0.3, -0.25) is 0 Å². The average Bonchev–Trinajstić information content (AvgIpc) is 1.86. The first kappa shape index (κ1) is 8.79. The standard InChI is InChI=1S/C6H8S4/c1-2-6-3-4-9-10(7,8)5-6/h1,6H,3-5H2. The van der Waals surface area contributed by atoms with Crippen LogP contribution in [-0.4, -0.2) is 11.5 Å². The smallest absolute Gasteiger partial charge is 0.0312 e. The average molecular weight is 208 g/mol. The third-order valence-electron chi connectivity index (χ3n) is 1.37. The first-order valence-corrected chi connectivity index (χ1v) is 8.13. The summed E-state index contributed by atoms with van der Waals surface area (Å²) in [5.74, 6) is 5.07. The van der Waals surface area contributed by atoms with Crippen molar-refractivity contribution >= 4 is 39.3 Å². The van der Waals surface area contributed by atoms with Gasteiger partial charge in [0.05, 0.1) is 0 Å². The van der Waals surface area contributed by atoms with Crippen molar-refractivity contribution < 1.29 is 0 Å². The second kappa shape index (κ2) is 3.40. The summed E-state index contributed by atoms with van der Waals surface area (Å²) in [7, 11) is 1.76. The topological polar surface area (TPSA) is 0 Å². The third-order valence-corrected chi connectivity index (χ3v) is 7.48. The maximum Gasteiger partial charge on any atom is 0.0312 e. The van der Waals surface area contributed by atoms with E-state index in [2.05, 4.69) is 5.92 Å². The molecule has 0 saturated carbocycles. The molecule has 0 aromatic rings. The highest BCUT2D eigenvalue weighted by molar-refractivity contribution is 8.98. The van der Waals surface area contributed by atoms with Crippen LogP contribution in [0.3, 0.4) is 0 Å².